The Kier molecular flexibility index (Phi) is 6.08. The molecule has 1 aliphatic heterocycles. The number of pyridine rings is 1. The zero-order valence-corrected chi connectivity index (χ0v) is 17.1. The molecule has 0 bridgehead atoms. The first kappa shape index (κ1) is 21.7. The maximum Gasteiger partial charge on any atom is 0.406 e. The van der Waals surface area contributed by atoms with Crippen LogP contribution in [0.25, 0.3) is 11.0 Å². The first-order chi connectivity index (χ1) is 15.4. The molecule has 0 saturated carbocycles. The third kappa shape index (κ3) is 4.72. The Bertz CT molecular complexity index is 1080. The predicted molar refractivity (Wildman–Crippen MR) is 107 cm³/mol. The minimum atomic E-state index is -4.42. The molecule has 0 unspecified atom stereocenters. The predicted octanol–water partition coefficient (Wildman–Crippen LogP) is 2.62. The van der Waals surface area contributed by atoms with E-state index < -0.39 is 12.7 Å². The number of fused-ring (bicyclic) bond motifs is 1. The van der Waals surface area contributed by atoms with Crippen LogP contribution in [0, 0.1) is 0 Å². The van der Waals surface area contributed by atoms with Crippen molar-refractivity contribution in [2.45, 2.75) is 31.7 Å². The Morgan fingerprint density at radius 1 is 1.22 bits per heavy atom. The normalized spacial score (nSPS) is 15.2. The van der Waals surface area contributed by atoms with E-state index in [2.05, 4.69) is 19.9 Å². The van der Waals surface area contributed by atoms with Crippen molar-refractivity contribution in [3.05, 3.63) is 30.9 Å². The van der Waals surface area contributed by atoms with Crippen molar-refractivity contribution in [2.24, 2.45) is 0 Å². The molecule has 3 aromatic rings. The van der Waals surface area contributed by atoms with E-state index in [0.29, 0.717) is 19.0 Å². The molecule has 4 heterocycles. The van der Waals surface area contributed by atoms with Crippen LogP contribution >= 0.6 is 0 Å². The number of anilines is 3. The van der Waals surface area contributed by atoms with Crippen molar-refractivity contribution in [1.29, 1.82) is 0 Å². The van der Waals surface area contributed by atoms with Gasteiger partial charge in [-0.15, -0.1) is 5.06 Å². The number of carbonyl (C=O) groups is 1. The van der Waals surface area contributed by atoms with Crippen LogP contribution in [0.1, 0.15) is 12.8 Å². The summed E-state index contributed by atoms with van der Waals surface area (Å²) in [6, 6.07) is 2.86. The Morgan fingerprint density at radius 2 is 2.00 bits per heavy atom. The number of hydrogen-bond acceptors (Lipinski definition) is 9. The van der Waals surface area contributed by atoms with Gasteiger partial charge in [0.1, 0.15) is 12.1 Å². The molecule has 1 aliphatic rings. The number of nitrogens with zero attached hydrogens (tertiary/aromatic N) is 7. The lowest BCUT2D eigenvalue weighted by atomic mass is 10.1. The van der Waals surface area contributed by atoms with Gasteiger partial charge in [0.15, 0.2) is 11.6 Å². The van der Waals surface area contributed by atoms with Gasteiger partial charge in [-0.2, -0.15) is 18.2 Å². The van der Waals surface area contributed by atoms with Gasteiger partial charge < -0.3 is 19.0 Å². The minimum Gasteiger partial charge on any atom is -0.381 e. The molecule has 3 aromatic heterocycles. The van der Waals surface area contributed by atoms with Gasteiger partial charge in [0, 0.05) is 38.5 Å². The highest BCUT2D eigenvalue weighted by Crippen LogP contribution is 2.28. The van der Waals surface area contributed by atoms with E-state index in [-0.39, 0.29) is 35.2 Å². The van der Waals surface area contributed by atoms with Gasteiger partial charge in [0.05, 0.1) is 24.1 Å². The number of ether oxygens (including phenoxy) is 1. The van der Waals surface area contributed by atoms with E-state index in [0.717, 1.165) is 28.8 Å². The van der Waals surface area contributed by atoms with Crippen LogP contribution in [-0.2, 0) is 20.9 Å². The molecule has 0 spiro atoms. The van der Waals surface area contributed by atoms with E-state index in [1.807, 2.05) is 4.90 Å². The second kappa shape index (κ2) is 8.94. The average Bonchev–Trinajstić information content (AvgIpc) is 3.18. The van der Waals surface area contributed by atoms with Crippen LogP contribution in [0.15, 0.2) is 30.9 Å². The number of alkyl halides is 3. The van der Waals surface area contributed by atoms with Crippen molar-refractivity contribution in [3.63, 3.8) is 0 Å². The number of aromatic nitrogens is 5. The smallest absolute Gasteiger partial charge is 0.381 e. The van der Waals surface area contributed by atoms with E-state index >= 15 is 0 Å². The van der Waals surface area contributed by atoms with Crippen LogP contribution in [0.5, 0.6) is 0 Å². The fourth-order valence-electron chi connectivity index (χ4n) is 3.55. The fourth-order valence-corrected chi connectivity index (χ4v) is 3.55. The topological polar surface area (TPSA) is 98.5 Å². The monoisotopic (exact) mass is 451 g/mol. The summed E-state index contributed by atoms with van der Waals surface area (Å²) in [6.45, 7) is 0.357. The van der Waals surface area contributed by atoms with Crippen LogP contribution in [0.3, 0.4) is 0 Å². The second-order valence-electron chi connectivity index (χ2n) is 7.15. The molecular weight excluding hydrogens is 431 g/mol. The first-order valence-corrected chi connectivity index (χ1v) is 9.77. The number of piperidine rings is 1. The number of hydrogen-bond donors (Lipinski definition) is 0. The van der Waals surface area contributed by atoms with Gasteiger partial charge in [-0.3, -0.25) is 4.79 Å². The highest BCUT2D eigenvalue weighted by Gasteiger charge is 2.29. The van der Waals surface area contributed by atoms with E-state index in [1.165, 1.54) is 24.5 Å². The van der Waals surface area contributed by atoms with Crippen molar-refractivity contribution in [1.82, 2.24) is 24.5 Å². The summed E-state index contributed by atoms with van der Waals surface area (Å²) in [7, 11) is 1.68. The average molecular weight is 451 g/mol. The zero-order valence-electron chi connectivity index (χ0n) is 17.1. The van der Waals surface area contributed by atoms with E-state index in [9.17, 15) is 18.0 Å². The number of rotatable bonds is 7. The lowest BCUT2D eigenvalue weighted by Crippen LogP contribution is -2.37. The molecule has 10 nitrogen and oxygen atoms in total. The summed E-state index contributed by atoms with van der Waals surface area (Å²) in [5.41, 5.74) is 0.455. The molecule has 170 valence electrons. The minimum absolute atomic E-state index is 0.0660. The number of methoxy groups -OCH3 is 1. The molecule has 0 atom stereocenters. The summed E-state index contributed by atoms with van der Waals surface area (Å²) in [6.07, 6.45) is 1.29. The second-order valence-corrected chi connectivity index (χ2v) is 7.15. The standard InChI is InChI=1S/C19H20F3N7O3/c1-31-13-3-6-27(7-4-13)18-23-5-2-16(26-18)29(32-12-30)17-8-15-14(9-24-17)25-11-28(15)10-19(20,21)22/h2,5,8-9,11-13H,3-4,6-7,10H2,1H3. The molecule has 0 aromatic carbocycles. The van der Waals surface area contributed by atoms with Gasteiger partial charge in [-0.1, -0.05) is 0 Å². The molecular formula is C19H20F3N7O3. The Balaban J connectivity index is 1.64. The summed E-state index contributed by atoms with van der Waals surface area (Å²) in [5.74, 6) is 0.695. The Labute approximate surface area is 180 Å². The van der Waals surface area contributed by atoms with Gasteiger partial charge in [0.2, 0.25) is 5.95 Å². The molecule has 32 heavy (non-hydrogen) atoms. The van der Waals surface area contributed by atoms with Gasteiger partial charge >= 0.3 is 12.6 Å². The lowest BCUT2D eigenvalue weighted by Gasteiger charge is -2.31. The van der Waals surface area contributed by atoms with E-state index in [4.69, 9.17) is 9.57 Å². The first-order valence-electron chi connectivity index (χ1n) is 9.77. The molecule has 0 aliphatic carbocycles. The molecule has 0 amide bonds. The zero-order chi connectivity index (χ0) is 22.7. The third-order valence-corrected chi connectivity index (χ3v) is 5.09. The van der Waals surface area contributed by atoms with Crippen molar-refractivity contribution >= 4 is 35.1 Å². The number of imidazole rings is 1. The van der Waals surface area contributed by atoms with Crippen molar-refractivity contribution in [3.8, 4) is 0 Å². The number of carbonyl (C=O) groups excluding carboxylic acids is 1. The third-order valence-electron chi connectivity index (χ3n) is 5.09. The lowest BCUT2D eigenvalue weighted by molar-refractivity contribution is -0.140. The molecule has 1 saturated heterocycles. The van der Waals surface area contributed by atoms with Crippen LogP contribution in [0.4, 0.5) is 30.8 Å². The quantitative estimate of drug-likeness (QED) is 0.397. The highest BCUT2D eigenvalue weighted by molar-refractivity contribution is 5.78. The summed E-state index contributed by atoms with van der Waals surface area (Å²) in [5, 5.41) is 1.03. The molecule has 0 radical (unpaired) electrons. The SMILES string of the molecule is COC1CCN(c2nccc(N(OC=O)c3cc4c(cn3)ncn4CC(F)(F)F)n2)CC1. The molecule has 1 fully saturated rings. The van der Waals surface area contributed by atoms with Crippen LogP contribution in [0.2, 0.25) is 0 Å². The maximum absolute atomic E-state index is 12.9. The molecule has 4 rings (SSSR count). The van der Waals surface area contributed by atoms with Gasteiger partial charge in [-0.05, 0) is 12.8 Å². The molecule has 13 heteroatoms. The van der Waals surface area contributed by atoms with Crippen LogP contribution in [-0.4, -0.2) is 63.5 Å². The summed E-state index contributed by atoms with van der Waals surface area (Å²) in [4.78, 5) is 35.1. The van der Waals surface area contributed by atoms with E-state index in [1.54, 1.807) is 7.11 Å². The molecule has 0 N–H and O–H groups in total. The fraction of sp³-hybridized carbons (Fsp3) is 0.421. The van der Waals surface area contributed by atoms with Gasteiger partial charge in [-0.25, -0.2) is 15.0 Å². The van der Waals surface area contributed by atoms with Crippen molar-refractivity contribution < 1.29 is 27.5 Å². The largest absolute Gasteiger partial charge is 0.406 e. The Morgan fingerprint density at radius 3 is 2.69 bits per heavy atom. The highest BCUT2D eigenvalue weighted by atomic mass is 19.4. The Hall–Kier alpha value is -3.48. The number of halogens is 3. The summed E-state index contributed by atoms with van der Waals surface area (Å²) < 4.78 is 45.0. The van der Waals surface area contributed by atoms with Crippen LogP contribution < -0.4 is 9.96 Å². The van der Waals surface area contributed by atoms with Crippen molar-refractivity contribution in [2.75, 3.05) is 30.2 Å². The maximum atomic E-state index is 12.9. The summed E-state index contributed by atoms with van der Waals surface area (Å²) >= 11 is 0. The van der Waals surface area contributed by atoms with Gasteiger partial charge in [0.25, 0.3) is 0 Å².